The SMILES string of the molecule is Cc1cc(N2CCN(C(C)(C)CN)CC2)ncn1. The first-order valence-electron chi connectivity index (χ1n) is 6.51. The average molecular weight is 249 g/mol. The molecule has 0 aromatic carbocycles. The lowest BCUT2D eigenvalue weighted by Crippen LogP contribution is -2.57. The highest BCUT2D eigenvalue weighted by molar-refractivity contribution is 5.39. The lowest BCUT2D eigenvalue weighted by molar-refractivity contribution is 0.119. The maximum Gasteiger partial charge on any atom is 0.132 e. The van der Waals surface area contributed by atoms with E-state index in [2.05, 4.69) is 33.6 Å². The summed E-state index contributed by atoms with van der Waals surface area (Å²) in [4.78, 5) is 13.3. The van der Waals surface area contributed by atoms with Crippen LogP contribution in [0.25, 0.3) is 0 Å². The van der Waals surface area contributed by atoms with Crippen LogP contribution in [0.5, 0.6) is 0 Å². The number of aryl methyl sites for hydroxylation is 1. The molecule has 1 aromatic heterocycles. The van der Waals surface area contributed by atoms with Crippen molar-refractivity contribution in [3.8, 4) is 0 Å². The topological polar surface area (TPSA) is 58.3 Å². The molecule has 0 aliphatic carbocycles. The second-order valence-electron chi connectivity index (χ2n) is 5.51. The van der Waals surface area contributed by atoms with E-state index in [0.29, 0.717) is 6.54 Å². The predicted octanol–water partition coefficient (Wildman–Crippen LogP) is 0.644. The standard InChI is InChI=1S/C13H23N5/c1-11-8-12(16-10-15-11)17-4-6-18(7-5-17)13(2,3)9-14/h8,10H,4-7,9,14H2,1-3H3. The molecular formula is C13H23N5. The summed E-state index contributed by atoms with van der Waals surface area (Å²) in [6.07, 6.45) is 1.64. The Hall–Kier alpha value is -1.20. The van der Waals surface area contributed by atoms with Crippen LogP contribution in [0.3, 0.4) is 0 Å². The molecule has 1 aliphatic rings. The molecule has 5 heteroatoms. The van der Waals surface area contributed by atoms with Gasteiger partial charge in [-0.2, -0.15) is 0 Å². The molecule has 0 bridgehead atoms. The van der Waals surface area contributed by atoms with Gasteiger partial charge < -0.3 is 10.6 Å². The van der Waals surface area contributed by atoms with E-state index in [4.69, 9.17) is 5.73 Å². The number of hydrogen-bond donors (Lipinski definition) is 1. The van der Waals surface area contributed by atoms with Crippen LogP contribution in [0.4, 0.5) is 5.82 Å². The molecule has 100 valence electrons. The molecule has 5 nitrogen and oxygen atoms in total. The van der Waals surface area contributed by atoms with E-state index in [9.17, 15) is 0 Å². The summed E-state index contributed by atoms with van der Waals surface area (Å²) in [5, 5.41) is 0. The molecule has 0 amide bonds. The molecule has 1 saturated heterocycles. The zero-order valence-corrected chi connectivity index (χ0v) is 11.6. The Balaban J connectivity index is 1.99. The van der Waals surface area contributed by atoms with Crippen molar-refractivity contribution in [3.05, 3.63) is 18.1 Å². The summed E-state index contributed by atoms with van der Waals surface area (Å²) in [5.41, 5.74) is 6.94. The van der Waals surface area contributed by atoms with Crippen molar-refractivity contribution in [1.82, 2.24) is 14.9 Å². The maximum absolute atomic E-state index is 5.83. The first-order valence-corrected chi connectivity index (χ1v) is 6.51. The van der Waals surface area contributed by atoms with Crippen molar-refractivity contribution in [2.45, 2.75) is 26.3 Å². The van der Waals surface area contributed by atoms with Gasteiger partial charge in [0.15, 0.2) is 0 Å². The highest BCUT2D eigenvalue weighted by Crippen LogP contribution is 2.19. The third kappa shape index (κ3) is 2.79. The van der Waals surface area contributed by atoms with Crippen molar-refractivity contribution < 1.29 is 0 Å². The third-order valence-corrected chi connectivity index (χ3v) is 3.75. The molecule has 0 radical (unpaired) electrons. The average Bonchev–Trinajstić information content (AvgIpc) is 2.39. The Morgan fingerprint density at radius 2 is 1.89 bits per heavy atom. The molecule has 0 unspecified atom stereocenters. The molecule has 0 saturated carbocycles. The highest BCUT2D eigenvalue weighted by atomic mass is 15.3. The fraction of sp³-hybridized carbons (Fsp3) is 0.692. The van der Waals surface area contributed by atoms with Crippen molar-refractivity contribution in [2.24, 2.45) is 5.73 Å². The first kappa shape index (κ1) is 13.2. The normalized spacial score (nSPS) is 18.1. The summed E-state index contributed by atoms with van der Waals surface area (Å²) in [6.45, 7) is 11.2. The molecule has 2 heterocycles. The summed E-state index contributed by atoms with van der Waals surface area (Å²) in [5.74, 6) is 1.03. The van der Waals surface area contributed by atoms with E-state index >= 15 is 0 Å². The molecule has 1 aromatic rings. The van der Waals surface area contributed by atoms with Crippen LogP contribution < -0.4 is 10.6 Å². The summed E-state index contributed by atoms with van der Waals surface area (Å²) < 4.78 is 0. The number of hydrogen-bond acceptors (Lipinski definition) is 5. The molecule has 2 rings (SSSR count). The van der Waals surface area contributed by atoms with E-state index in [0.717, 1.165) is 37.7 Å². The Morgan fingerprint density at radius 1 is 1.22 bits per heavy atom. The van der Waals surface area contributed by atoms with Crippen molar-refractivity contribution in [3.63, 3.8) is 0 Å². The lowest BCUT2D eigenvalue weighted by atomic mass is 10.0. The summed E-state index contributed by atoms with van der Waals surface area (Å²) >= 11 is 0. The fourth-order valence-corrected chi connectivity index (χ4v) is 2.28. The van der Waals surface area contributed by atoms with Gasteiger partial charge in [-0.1, -0.05) is 0 Å². The zero-order chi connectivity index (χ0) is 13.2. The van der Waals surface area contributed by atoms with E-state index in [1.807, 2.05) is 13.0 Å². The van der Waals surface area contributed by atoms with Crippen LogP contribution >= 0.6 is 0 Å². The van der Waals surface area contributed by atoms with Crippen LogP contribution in [-0.2, 0) is 0 Å². The number of aromatic nitrogens is 2. The minimum absolute atomic E-state index is 0.0910. The number of nitrogens with two attached hydrogens (primary N) is 1. The molecule has 0 spiro atoms. The van der Waals surface area contributed by atoms with Gasteiger partial charge in [0.25, 0.3) is 0 Å². The van der Waals surface area contributed by atoms with Crippen LogP contribution in [0, 0.1) is 6.92 Å². The van der Waals surface area contributed by atoms with E-state index in [1.54, 1.807) is 6.33 Å². The molecule has 18 heavy (non-hydrogen) atoms. The number of piperazine rings is 1. The third-order valence-electron chi connectivity index (χ3n) is 3.75. The first-order chi connectivity index (χ1) is 8.53. The van der Waals surface area contributed by atoms with Crippen LogP contribution in [0.2, 0.25) is 0 Å². The van der Waals surface area contributed by atoms with Gasteiger partial charge in [-0.3, -0.25) is 4.90 Å². The van der Waals surface area contributed by atoms with E-state index in [-0.39, 0.29) is 5.54 Å². The highest BCUT2D eigenvalue weighted by Gasteiger charge is 2.28. The van der Waals surface area contributed by atoms with Crippen LogP contribution in [0.15, 0.2) is 12.4 Å². The largest absolute Gasteiger partial charge is 0.354 e. The monoisotopic (exact) mass is 249 g/mol. The van der Waals surface area contributed by atoms with Crippen molar-refractivity contribution in [2.75, 3.05) is 37.6 Å². The van der Waals surface area contributed by atoms with Crippen molar-refractivity contribution in [1.29, 1.82) is 0 Å². The Bertz CT molecular complexity index is 396. The Kier molecular flexibility index (Phi) is 3.82. The minimum Gasteiger partial charge on any atom is -0.354 e. The fourth-order valence-electron chi connectivity index (χ4n) is 2.28. The maximum atomic E-state index is 5.83. The van der Waals surface area contributed by atoms with Gasteiger partial charge in [-0.15, -0.1) is 0 Å². The molecule has 1 fully saturated rings. The second-order valence-corrected chi connectivity index (χ2v) is 5.51. The Labute approximate surface area is 109 Å². The molecule has 2 N–H and O–H groups in total. The zero-order valence-electron chi connectivity index (χ0n) is 11.6. The van der Waals surface area contributed by atoms with Gasteiger partial charge in [-0.05, 0) is 20.8 Å². The van der Waals surface area contributed by atoms with Gasteiger partial charge in [0.1, 0.15) is 12.1 Å². The predicted molar refractivity (Wildman–Crippen MR) is 73.7 cm³/mol. The van der Waals surface area contributed by atoms with Crippen LogP contribution in [0.1, 0.15) is 19.5 Å². The van der Waals surface area contributed by atoms with Gasteiger partial charge >= 0.3 is 0 Å². The van der Waals surface area contributed by atoms with Gasteiger partial charge in [0.2, 0.25) is 0 Å². The smallest absolute Gasteiger partial charge is 0.132 e. The second kappa shape index (κ2) is 5.20. The van der Waals surface area contributed by atoms with E-state index in [1.165, 1.54) is 0 Å². The van der Waals surface area contributed by atoms with Gasteiger partial charge in [0, 0.05) is 50.0 Å². The number of nitrogens with zero attached hydrogens (tertiary/aromatic N) is 4. The lowest BCUT2D eigenvalue weighted by Gasteiger charge is -2.43. The molecular weight excluding hydrogens is 226 g/mol. The van der Waals surface area contributed by atoms with Crippen LogP contribution in [-0.4, -0.2) is 53.1 Å². The Morgan fingerprint density at radius 3 is 2.44 bits per heavy atom. The number of rotatable bonds is 3. The minimum atomic E-state index is 0.0910. The molecule has 1 aliphatic heterocycles. The van der Waals surface area contributed by atoms with Crippen molar-refractivity contribution >= 4 is 5.82 Å². The summed E-state index contributed by atoms with van der Waals surface area (Å²) in [7, 11) is 0. The molecule has 0 atom stereocenters. The van der Waals surface area contributed by atoms with Gasteiger partial charge in [0.05, 0.1) is 0 Å². The van der Waals surface area contributed by atoms with Gasteiger partial charge in [-0.25, -0.2) is 9.97 Å². The van der Waals surface area contributed by atoms with E-state index < -0.39 is 0 Å². The number of anilines is 1. The quantitative estimate of drug-likeness (QED) is 0.852. The summed E-state index contributed by atoms with van der Waals surface area (Å²) in [6, 6.07) is 2.05.